The van der Waals surface area contributed by atoms with Crippen LogP contribution in [0.25, 0.3) is 11.3 Å². The molecule has 0 atom stereocenters. The van der Waals surface area contributed by atoms with Gasteiger partial charge in [-0.05, 0) is 80.7 Å². The Morgan fingerprint density at radius 1 is 1.19 bits per heavy atom. The lowest BCUT2D eigenvalue weighted by Gasteiger charge is -2.05. The Morgan fingerprint density at radius 2 is 1.85 bits per heavy atom. The zero-order chi connectivity index (χ0) is 18.7. The third kappa shape index (κ3) is 4.13. The highest BCUT2D eigenvalue weighted by atomic mass is 79.9. The largest absolute Gasteiger partial charge is 0.506 e. The fourth-order valence-corrected chi connectivity index (χ4v) is 4.38. The minimum Gasteiger partial charge on any atom is -0.506 e. The van der Waals surface area contributed by atoms with Crippen LogP contribution in [0.2, 0.25) is 0 Å². The number of phenolic OH excluding ortho intramolecular Hbond substituents is 1. The molecule has 0 radical (unpaired) electrons. The molecular weight excluding hydrogens is 485 g/mol. The highest BCUT2D eigenvalue weighted by Gasteiger charge is 2.08. The lowest BCUT2D eigenvalue weighted by atomic mass is 10.2. The number of rotatable bonds is 4. The predicted molar refractivity (Wildman–Crippen MR) is 110 cm³/mol. The average molecular weight is 499 g/mol. The topological polar surface area (TPSA) is 49.9 Å². The molecule has 0 saturated heterocycles. The number of hydrogen-bond acceptors (Lipinski definition) is 4. The Hall–Kier alpha value is -1.77. The minimum absolute atomic E-state index is 0.138. The molecule has 0 amide bonds. The van der Waals surface area contributed by atoms with Gasteiger partial charge in [0.15, 0.2) is 0 Å². The van der Waals surface area contributed by atoms with E-state index < -0.39 is 0 Å². The normalized spacial score (nSPS) is 12.2. The molecule has 0 saturated carbocycles. The first-order valence-corrected chi connectivity index (χ1v) is 10.2. The summed E-state index contributed by atoms with van der Waals surface area (Å²) in [5.41, 5.74) is 2.48. The summed E-state index contributed by atoms with van der Waals surface area (Å²) in [6.45, 7) is 2.59. The summed E-state index contributed by atoms with van der Waals surface area (Å²) in [4.78, 5) is 5.22. The van der Waals surface area contributed by atoms with E-state index in [9.17, 15) is 9.50 Å². The second kappa shape index (κ2) is 8.28. The van der Waals surface area contributed by atoms with Gasteiger partial charge >= 0.3 is 0 Å². The summed E-state index contributed by atoms with van der Waals surface area (Å²) in [5.74, 6) is -0.143. The molecule has 26 heavy (non-hydrogen) atoms. The van der Waals surface area contributed by atoms with E-state index in [1.807, 2.05) is 12.3 Å². The third-order valence-corrected chi connectivity index (χ3v) is 5.54. The molecule has 134 valence electrons. The lowest BCUT2D eigenvalue weighted by Crippen LogP contribution is -2.12. The smallest absolute Gasteiger partial charge is 0.206 e. The van der Waals surface area contributed by atoms with E-state index in [-0.39, 0.29) is 11.6 Å². The molecule has 0 spiro atoms. The van der Waals surface area contributed by atoms with Crippen LogP contribution >= 0.6 is 43.2 Å². The Kier molecular flexibility index (Phi) is 6.05. The number of benzene rings is 2. The molecule has 0 fully saturated rings. The van der Waals surface area contributed by atoms with Crippen molar-refractivity contribution in [3.8, 4) is 17.0 Å². The maximum absolute atomic E-state index is 13.2. The van der Waals surface area contributed by atoms with Crippen LogP contribution in [-0.2, 0) is 0 Å². The molecule has 0 aliphatic heterocycles. The Morgan fingerprint density at radius 3 is 2.46 bits per heavy atom. The summed E-state index contributed by atoms with van der Waals surface area (Å²) in [6.07, 6.45) is 1.68. The fourth-order valence-electron chi connectivity index (χ4n) is 2.26. The number of hydrogen-bond donors (Lipinski definition) is 1. The van der Waals surface area contributed by atoms with Crippen LogP contribution in [0, 0.1) is 5.82 Å². The van der Waals surface area contributed by atoms with Crippen LogP contribution in [0.15, 0.2) is 60.8 Å². The second-order valence-electron chi connectivity index (χ2n) is 5.27. The van der Waals surface area contributed by atoms with E-state index in [1.54, 1.807) is 35.2 Å². The molecular formula is C18H14Br2FN3OS. The SMILES string of the molecule is CCN=c1scc(-c2ccc(F)cc2)n1N=Cc1cc(Br)c(O)c(Br)c1. The van der Waals surface area contributed by atoms with Crippen molar-refractivity contribution in [1.29, 1.82) is 0 Å². The molecule has 1 heterocycles. The molecule has 0 unspecified atom stereocenters. The first kappa shape index (κ1) is 19.0. The highest BCUT2D eigenvalue weighted by molar-refractivity contribution is 9.11. The van der Waals surface area contributed by atoms with Gasteiger partial charge in [-0.15, -0.1) is 11.3 Å². The summed E-state index contributed by atoms with van der Waals surface area (Å²) >= 11 is 8.10. The van der Waals surface area contributed by atoms with Crippen LogP contribution in [0.5, 0.6) is 5.75 Å². The van der Waals surface area contributed by atoms with Crippen LogP contribution in [0.3, 0.4) is 0 Å². The molecule has 3 aromatic rings. The van der Waals surface area contributed by atoms with E-state index in [4.69, 9.17) is 0 Å². The van der Waals surface area contributed by atoms with E-state index in [1.165, 1.54) is 23.5 Å². The second-order valence-corrected chi connectivity index (χ2v) is 7.82. The van der Waals surface area contributed by atoms with E-state index in [0.717, 1.165) is 21.6 Å². The first-order chi connectivity index (χ1) is 12.5. The number of nitrogens with zero attached hydrogens (tertiary/aromatic N) is 3. The molecule has 8 heteroatoms. The Bertz CT molecular complexity index is 1000. The van der Waals surface area contributed by atoms with Crippen molar-refractivity contribution in [2.45, 2.75) is 6.92 Å². The number of halogens is 3. The molecule has 0 aliphatic rings. The maximum Gasteiger partial charge on any atom is 0.206 e. The lowest BCUT2D eigenvalue weighted by molar-refractivity contribution is 0.468. The fraction of sp³-hybridized carbons (Fsp3) is 0.111. The van der Waals surface area contributed by atoms with Crippen molar-refractivity contribution in [1.82, 2.24) is 4.68 Å². The van der Waals surface area contributed by atoms with Crippen molar-refractivity contribution in [3.05, 3.63) is 66.9 Å². The summed E-state index contributed by atoms with van der Waals surface area (Å²) in [7, 11) is 0. The van der Waals surface area contributed by atoms with Crippen molar-refractivity contribution in [2.24, 2.45) is 10.1 Å². The predicted octanol–water partition coefficient (Wildman–Crippen LogP) is 5.39. The quantitative estimate of drug-likeness (QED) is 0.482. The van der Waals surface area contributed by atoms with Crippen LogP contribution < -0.4 is 4.80 Å². The van der Waals surface area contributed by atoms with Gasteiger partial charge in [0, 0.05) is 17.5 Å². The molecule has 3 rings (SSSR count). The number of phenols is 1. The van der Waals surface area contributed by atoms with Gasteiger partial charge in [0.2, 0.25) is 4.80 Å². The highest BCUT2D eigenvalue weighted by Crippen LogP contribution is 2.32. The maximum atomic E-state index is 13.2. The van der Waals surface area contributed by atoms with Crippen LogP contribution in [-0.4, -0.2) is 22.5 Å². The van der Waals surface area contributed by atoms with Gasteiger partial charge in [-0.3, -0.25) is 4.99 Å². The zero-order valence-electron chi connectivity index (χ0n) is 13.7. The van der Waals surface area contributed by atoms with E-state index in [0.29, 0.717) is 15.5 Å². The van der Waals surface area contributed by atoms with Crippen molar-refractivity contribution >= 4 is 49.4 Å². The molecule has 1 N–H and O–H groups in total. The van der Waals surface area contributed by atoms with Crippen molar-refractivity contribution in [2.75, 3.05) is 6.54 Å². The first-order valence-electron chi connectivity index (χ1n) is 7.69. The Labute approximate surface area is 170 Å². The molecule has 0 bridgehead atoms. The summed E-state index contributed by atoms with van der Waals surface area (Å²) < 4.78 is 16.1. The monoisotopic (exact) mass is 497 g/mol. The minimum atomic E-state index is -0.281. The van der Waals surface area contributed by atoms with Gasteiger partial charge in [-0.1, -0.05) is 0 Å². The number of aromatic nitrogens is 1. The summed E-state index contributed by atoms with van der Waals surface area (Å²) in [5, 5.41) is 16.3. The standard InChI is InChI=1S/C18H14Br2FN3OS/c1-2-22-18-24(16(10-26-18)12-3-5-13(21)6-4-12)23-9-11-7-14(19)17(25)15(20)8-11/h3-10,25H,2H2,1H3. The molecule has 2 aromatic carbocycles. The zero-order valence-corrected chi connectivity index (χ0v) is 17.6. The molecule has 1 aromatic heterocycles. The number of aromatic hydroxyl groups is 1. The van der Waals surface area contributed by atoms with Crippen molar-refractivity contribution in [3.63, 3.8) is 0 Å². The average Bonchev–Trinajstić information content (AvgIpc) is 3.01. The Balaban J connectivity index is 2.07. The summed E-state index contributed by atoms with van der Waals surface area (Å²) in [6, 6.07) is 9.81. The van der Waals surface area contributed by atoms with Gasteiger partial charge < -0.3 is 5.11 Å². The van der Waals surface area contributed by atoms with E-state index >= 15 is 0 Å². The van der Waals surface area contributed by atoms with Gasteiger partial charge in [-0.2, -0.15) is 5.10 Å². The third-order valence-electron chi connectivity index (χ3n) is 3.48. The van der Waals surface area contributed by atoms with Crippen LogP contribution in [0.1, 0.15) is 12.5 Å². The van der Waals surface area contributed by atoms with Crippen LogP contribution in [0.4, 0.5) is 4.39 Å². The van der Waals surface area contributed by atoms with Crippen molar-refractivity contribution < 1.29 is 9.50 Å². The molecule has 4 nitrogen and oxygen atoms in total. The number of thiazole rings is 1. The molecule has 0 aliphatic carbocycles. The van der Waals surface area contributed by atoms with Gasteiger partial charge in [0.05, 0.1) is 20.9 Å². The van der Waals surface area contributed by atoms with Gasteiger partial charge in [-0.25, -0.2) is 9.07 Å². The van der Waals surface area contributed by atoms with Gasteiger partial charge in [0.25, 0.3) is 0 Å². The van der Waals surface area contributed by atoms with E-state index in [2.05, 4.69) is 42.0 Å². The van der Waals surface area contributed by atoms with Gasteiger partial charge in [0.1, 0.15) is 11.6 Å².